The first kappa shape index (κ1) is 16.9. The number of ether oxygens (including phenoxy) is 1. The van der Waals surface area contributed by atoms with Gasteiger partial charge in [0.2, 0.25) is 10.0 Å². The first-order chi connectivity index (χ1) is 10.2. The molecule has 0 bridgehead atoms. The van der Waals surface area contributed by atoms with Gasteiger partial charge in [-0.05, 0) is 32.0 Å². The van der Waals surface area contributed by atoms with Crippen molar-refractivity contribution in [3.63, 3.8) is 0 Å². The Morgan fingerprint density at radius 3 is 2.59 bits per heavy atom. The van der Waals surface area contributed by atoms with Crippen LogP contribution < -0.4 is 0 Å². The molecule has 1 aliphatic rings. The van der Waals surface area contributed by atoms with Gasteiger partial charge in [0, 0.05) is 26.2 Å². The maximum absolute atomic E-state index is 12.7. The first-order valence-corrected chi connectivity index (χ1v) is 8.52. The van der Waals surface area contributed by atoms with Gasteiger partial charge in [0.1, 0.15) is 0 Å². The van der Waals surface area contributed by atoms with Gasteiger partial charge < -0.3 is 9.64 Å². The summed E-state index contributed by atoms with van der Waals surface area (Å²) in [6.45, 7) is 5.32. The highest BCUT2D eigenvalue weighted by Crippen LogP contribution is 2.23. The Kier molecular flexibility index (Phi) is 4.60. The fraction of sp³-hybridized carbons (Fsp3) is 0.533. The molecule has 0 radical (unpaired) electrons. The molecule has 6 nitrogen and oxygen atoms in total. The Morgan fingerprint density at radius 2 is 2.00 bits per heavy atom. The summed E-state index contributed by atoms with van der Waals surface area (Å²) in [6, 6.07) is 6.17. The van der Waals surface area contributed by atoms with Gasteiger partial charge in [-0.1, -0.05) is 6.07 Å². The van der Waals surface area contributed by atoms with E-state index in [1.807, 2.05) is 13.8 Å². The maximum Gasteiger partial charge on any atom is 0.254 e. The Hall–Kier alpha value is -1.44. The lowest BCUT2D eigenvalue weighted by molar-refractivity contribution is -0.0370. The van der Waals surface area contributed by atoms with Crippen LogP contribution in [0, 0.1) is 0 Å². The SMILES string of the molecule is CN(C)S(=O)(=O)c1cccc(C(=O)N2CCOCC2(C)C)c1. The molecule has 0 aliphatic carbocycles. The second-order valence-corrected chi connectivity index (χ2v) is 8.29. The lowest BCUT2D eigenvalue weighted by Crippen LogP contribution is -2.55. The van der Waals surface area contributed by atoms with Crippen LogP contribution in [-0.4, -0.2) is 62.9 Å². The normalized spacial score (nSPS) is 18.5. The number of nitrogens with zero attached hydrogens (tertiary/aromatic N) is 2. The zero-order chi connectivity index (χ0) is 16.5. The maximum atomic E-state index is 12.7. The molecule has 0 saturated carbocycles. The van der Waals surface area contributed by atoms with Crippen LogP contribution in [0.2, 0.25) is 0 Å². The zero-order valence-corrected chi connectivity index (χ0v) is 14.2. The predicted molar refractivity (Wildman–Crippen MR) is 83.2 cm³/mol. The Morgan fingerprint density at radius 1 is 1.32 bits per heavy atom. The molecule has 0 spiro atoms. The third-order valence-corrected chi connectivity index (χ3v) is 5.56. The number of amides is 1. The second kappa shape index (κ2) is 5.98. The number of benzene rings is 1. The summed E-state index contributed by atoms with van der Waals surface area (Å²) in [5.74, 6) is -0.177. The smallest absolute Gasteiger partial charge is 0.254 e. The van der Waals surface area contributed by atoms with Gasteiger partial charge in [-0.15, -0.1) is 0 Å². The number of carbonyl (C=O) groups is 1. The van der Waals surface area contributed by atoms with Crippen molar-refractivity contribution in [3.8, 4) is 0 Å². The molecule has 0 aromatic heterocycles. The topological polar surface area (TPSA) is 66.9 Å². The molecule has 1 aromatic rings. The summed E-state index contributed by atoms with van der Waals surface area (Å²) in [6.07, 6.45) is 0. The lowest BCUT2D eigenvalue weighted by Gasteiger charge is -2.42. The molecule has 1 aromatic carbocycles. The molecule has 1 fully saturated rings. The lowest BCUT2D eigenvalue weighted by atomic mass is 10.0. The average molecular weight is 326 g/mol. The van der Waals surface area contributed by atoms with Crippen molar-refractivity contribution in [2.75, 3.05) is 33.9 Å². The fourth-order valence-electron chi connectivity index (χ4n) is 2.39. The Labute approximate surface area is 131 Å². The highest BCUT2D eigenvalue weighted by atomic mass is 32.2. The van der Waals surface area contributed by atoms with Gasteiger partial charge in [0.05, 0.1) is 23.6 Å². The van der Waals surface area contributed by atoms with E-state index in [0.717, 1.165) is 4.31 Å². The van der Waals surface area contributed by atoms with E-state index in [-0.39, 0.29) is 10.8 Å². The molecule has 0 N–H and O–H groups in total. The van der Waals surface area contributed by atoms with E-state index >= 15 is 0 Å². The monoisotopic (exact) mass is 326 g/mol. The van der Waals surface area contributed by atoms with E-state index in [2.05, 4.69) is 0 Å². The minimum atomic E-state index is -3.55. The van der Waals surface area contributed by atoms with Gasteiger partial charge in [-0.25, -0.2) is 12.7 Å². The molecular weight excluding hydrogens is 304 g/mol. The van der Waals surface area contributed by atoms with Gasteiger partial charge in [-0.2, -0.15) is 0 Å². The van der Waals surface area contributed by atoms with Crippen LogP contribution in [0.1, 0.15) is 24.2 Å². The van der Waals surface area contributed by atoms with Crippen LogP contribution in [-0.2, 0) is 14.8 Å². The Balaban J connectivity index is 2.36. The average Bonchev–Trinajstić information content (AvgIpc) is 2.46. The fourth-order valence-corrected chi connectivity index (χ4v) is 3.34. The highest BCUT2D eigenvalue weighted by molar-refractivity contribution is 7.89. The first-order valence-electron chi connectivity index (χ1n) is 7.08. The molecule has 1 amide bonds. The van der Waals surface area contributed by atoms with Gasteiger partial charge in [-0.3, -0.25) is 4.79 Å². The van der Waals surface area contributed by atoms with Crippen LogP contribution in [0.15, 0.2) is 29.2 Å². The molecular formula is C15H22N2O4S. The number of rotatable bonds is 3. The van der Waals surface area contributed by atoms with Crippen molar-refractivity contribution in [1.82, 2.24) is 9.21 Å². The van der Waals surface area contributed by atoms with Crippen LogP contribution in [0.25, 0.3) is 0 Å². The molecule has 7 heteroatoms. The summed E-state index contributed by atoms with van der Waals surface area (Å²) in [7, 11) is -0.620. The number of hydrogen-bond donors (Lipinski definition) is 0. The van der Waals surface area contributed by atoms with E-state index in [9.17, 15) is 13.2 Å². The van der Waals surface area contributed by atoms with Crippen molar-refractivity contribution >= 4 is 15.9 Å². The summed E-state index contributed by atoms with van der Waals surface area (Å²) in [4.78, 5) is 14.6. The summed E-state index contributed by atoms with van der Waals surface area (Å²) >= 11 is 0. The second-order valence-electron chi connectivity index (χ2n) is 6.14. The highest BCUT2D eigenvalue weighted by Gasteiger charge is 2.34. The molecule has 0 atom stereocenters. The Bertz CT molecular complexity index is 668. The van der Waals surface area contributed by atoms with E-state index in [0.29, 0.717) is 25.3 Å². The molecule has 2 rings (SSSR count). The summed E-state index contributed by atoms with van der Waals surface area (Å²) in [5, 5.41) is 0. The quantitative estimate of drug-likeness (QED) is 0.837. The third kappa shape index (κ3) is 3.16. The van der Waals surface area contributed by atoms with Gasteiger partial charge in [0.25, 0.3) is 5.91 Å². The number of sulfonamides is 1. The van der Waals surface area contributed by atoms with Crippen LogP contribution in [0.4, 0.5) is 0 Å². The van der Waals surface area contributed by atoms with Crippen LogP contribution in [0.5, 0.6) is 0 Å². The number of carbonyl (C=O) groups excluding carboxylic acids is 1. The summed E-state index contributed by atoms with van der Waals surface area (Å²) < 4.78 is 30.9. The van der Waals surface area contributed by atoms with Crippen molar-refractivity contribution in [2.45, 2.75) is 24.3 Å². The van der Waals surface area contributed by atoms with Crippen molar-refractivity contribution in [2.24, 2.45) is 0 Å². The van der Waals surface area contributed by atoms with E-state index in [1.165, 1.54) is 26.2 Å². The van der Waals surface area contributed by atoms with Crippen LogP contribution in [0.3, 0.4) is 0 Å². The minimum absolute atomic E-state index is 0.120. The number of morpholine rings is 1. The molecule has 122 valence electrons. The zero-order valence-electron chi connectivity index (χ0n) is 13.4. The molecule has 22 heavy (non-hydrogen) atoms. The van der Waals surface area contributed by atoms with Gasteiger partial charge in [0.15, 0.2) is 0 Å². The number of hydrogen-bond acceptors (Lipinski definition) is 4. The largest absolute Gasteiger partial charge is 0.377 e. The molecule has 1 saturated heterocycles. The van der Waals surface area contributed by atoms with Crippen LogP contribution >= 0.6 is 0 Å². The third-order valence-electron chi connectivity index (χ3n) is 3.75. The summed E-state index contributed by atoms with van der Waals surface area (Å²) in [5.41, 5.74) is -0.0379. The van der Waals surface area contributed by atoms with Crippen molar-refractivity contribution in [3.05, 3.63) is 29.8 Å². The predicted octanol–water partition coefficient (Wildman–Crippen LogP) is 1.19. The molecule has 1 aliphatic heterocycles. The van der Waals surface area contributed by atoms with E-state index in [1.54, 1.807) is 17.0 Å². The molecule has 0 unspecified atom stereocenters. The standard InChI is InChI=1S/C15H22N2O4S/c1-15(2)11-21-9-8-17(15)14(18)12-6-5-7-13(10-12)22(19,20)16(3)4/h5-7,10H,8-9,11H2,1-4H3. The van der Waals surface area contributed by atoms with Crippen molar-refractivity contribution in [1.29, 1.82) is 0 Å². The molecule has 1 heterocycles. The van der Waals surface area contributed by atoms with E-state index in [4.69, 9.17) is 4.74 Å². The van der Waals surface area contributed by atoms with Crippen molar-refractivity contribution < 1.29 is 17.9 Å². The van der Waals surface area contributed by atoms with E-state index < -0.39 is 15.6 Å². The minimum Gasteiger partial charge on any atom is -0.377 e. The van der Waals surface area contributed by atoms with Gasteiger partial charge >= 0.3 is 0 Å².